The molecule has 2 aliphatic rings. The van der Waals surface area contributed by atoms with E-state index in [0.29, 0.717) is 37.2 Å². The lowest BCUT2D eigenvalue weighted by molar-refractivity contribution is 0.0101. The van der Waals surface area contributed by atoms with Gasteiger partial charge in [0.05, 0.1) is 31.9 Å². The number of anilines is 1. The van der Waals surface area contributed by atoms with Crippen LogP contribution in [-0.2, 0) is 9.47 Å². The van der Waals surface area contributed by atoms with Crippen molar-refractivity contribution in [3.8, 4) is 0 Å². The van der Waals surface area contributed by atoms with Crippen LogP contribution in [0.4, 0.5) is 10.5 Å². The molecule has 0 saturated carbocycles. The van der Waals surface area contributed by atoms with Crippen molar-refractivity contribution in [1.82, 2.24) is 4.90 Å². The fourth-order valence-electron chi connectivity index (χ4n) is 2.93. The number of benzene rings is 1. The maximum absolute atomic E-state index is 11.5. The largest absolute Gasteiger partial charge is 0.465 e. The maximum atomic E-state index is 11.5. The van der Waals surface area contributed by atoms with Gasteiger partial charge in [-0.1, -0.05) is 17.7 Å². The zero-order chi connectivity index (χ0) is 16.4. The molecule has 6 nitrogen and oxygen atoms in total. The molecule has 0 aromatic heterocycles. The van der Waals surface area contributed by atoms with Crippen molar-refractivity contribution in [2.24, 2.45) is 0 Å². The molecule has 1 aromatic rings. The number of nitrogens with zero attached hydrogens (tertiary/aromatic N) is 2. The van der Waals surface area contributed by atoms with Crippen LogP contribution in [0.1, 0.15) is 18.0 Å². The molecular weight excluding hydrogens is 320 g/mol. The molecule has 2 fully saturated rings. The van der Waals surface area contributed by atoms with Crippen LogP contribution in [0.25, 0.3) is 0 Å². The Morgan fingerprint density at radius 1 is 1.35 bits per heavy atom. The van der Waals surface area contributed by atoms with Crippen LogP contribution in [0.5, 0.6) is 0 Å². The van der Waals surface area contributed by atoms with E-state index >= 15 is 0 Å². The molecule has 1 atom stereocenters. The van der Waals surface area contributed by atoms with Gasteiger partial charge in [0.1, 0.15) is 0 Å². The van der Waals surface area contributed by atoms with Gasteiger partial charge in [-0.2, -0.15) is 0 Å². The van der Waals surface area contributed by atoms with E-state index in [0.717, 1.165) is 24.5 Å². The van der Waals surface area contributed by atoms with Gasteiger partial charge in [-0.15, -0.1) is 0 Å². The monoisotopic (exact) mass is 340 g/mol. The Morgan fingerprint density at radius 2 is 2.13 bits per heavy atom. The summed E-state index contributed by atoms with van der Waals surface area (Å²) in [4.78, 5) is 15.1. The summed E-state index contributed by atoms with van der Waals surface area (Å²) in [5.74, 6) is 0. The van der Waals surface area contributed by atoms with E-state index in [4.69, 9.17) is 21.1 Å². The Morgan fingerprint density at radius 3 is 2.74 bits per heavy atom. The van der Waals surface area contributed by atoms with Crippen LogP contribution in [0.2, 0.25) is 5.02 Å². The van der Waals surface area contributed by atoms with Crippen LogP contribution in [-0.4, -0.2) is 62.2 Å². The average Bonchev–Trinajstić information content (AvgIpc) is 2.71. The number of carboxylic acid groups (broad SMARTS) is 1. The van der Waals surface area contributed by atoms with Crippen LogP contribution < -0.4 is 4.90 Å². The number of rotatable bonds is 3. The number of carbonyl (C=O) groups is 1. The molecule has 1 amide bonds. The normalized spacial score (nSPS) is 22.3. The summed E-state index contributed by atoms with van der Waals surface area (Å²) in [6, 6.07) is 5.77. The van der Waals surface area contributed by atoms with Crippen LogP contribution >= 0.6 is 11.6 Å². The van der Waals surface area contributed by atoms with Gasteiger partial charge >= 0.3 is 6.09 Å². The summed E-state index contributed by atoms with van der Waals surface area (Å²) >= 11 is 6.46. The third-order valence-corrected chi connectivity index (χ3v) is 4.83. The first-order chi connectivity index (χ1) is 11.1. The van der Waals surface area contributed by atoms with Gasteiger partial charge in [-0.05, 0) is 24.1 Å². The number of amides is 1. The van der Waals surface area contributed by atoms with Gasteiger partial charge in [0.15, 0.2) is 0 Å². The smallest absolute Gasteiger partial charge is 0.407 e. The zero-order valence-corrected chi connectivity index (χ0v) is 13.8. The Bertz CT molecular complexity index is 579. The van der Waals surface area contributed by atoms with E-state index in [1.165, 1.54) is 4.90 Å². The highest BCUT2D eigenvalue weighted by molar-refractivity contribution is 6.31. The molecule has 3 rings (SSSR count). The Kier molecular flexibility index (Phi) is 4.94. The van der Waals surface area contributed by atoms with E-state index in [-0.39, 0.29) is 6.04 Å². The number of hydrogen-bond acceptors (Lipinski definition) is 4. The first-order valence-electron chi connectivity index (χ1n) is 7.75. The number of likely N-dealkylation sites (N-methyl/N-ethyl adjacent to an activating group) is 1. The van der Waals surface area contributed by atoms with E-state index in [9.17, 15) is 9.90 Å². The van der Waals surface area contributed by atoms with Crippen LogP contribution in [0.15, 0.2) is 18.2 Å². The predicted octanol–water partition coefficient (Wildman–Crippen LogP) is 2.62. The van der Waals surface area contributed by atoms with Crippen molar-refractivity contribution in [3.63, 3.8) is 0 Å². The topological polar surface area (TPSA) is 62.2 Å². The van der Waals surface area contributed by atoms with Crippen LogP contribution in [0, 0.1) is 0 Å². The molecule has 1 aromatic carbocycles. The van der Waals surface area contributed by atoms with Crippen molar-refractivity contribution in [2.45, 2.75) is 18.5 Å². The Balaban J connectivity index is 1.84. The molecule has 1 N–H and O–H groups in total. The minimum absolute atomic E-state index is 0.331. The average molecular weight is 341 g/mol. The summed E-state index contributed by atoms with van der Waals surface area (Å²) in [6.45, 7) is 2.80. The number of ether oxygens (including phenoxy) is 2. The second-order valence-electron chi connectivity index (χ2n) is 5.93. The molecule has 7 heteroatoms. The lowest BCUT2D eigenvalue weighted by Gasteiger charge is -2.36. The standard InChI is InChI=1S/C16H21ClN2O4/c1-18(12-8-23-9-12)11-3-4-13(14(17)7-11)15-10-22-6-2-5-19(15)16(20)21/h3-4,7,12,15H,2,5-6,8-10H2,1H3,(H,20,21). The molecule has 0 radical (unpaired) electrons. The van der Waals surface area contributed by atoms with E-state index < -0.39 is 6.09 Å². The fraction of sp³-hybridized carbons (Fsp3) is 0.562. The number of halogens is 1. The van der Waals surface area contributed by atoms with E-state index in [2.05, 4.69) is 4.90 Å². The molecule has 2 aliphatic heterocycles. The first kappa shape index (κ1) is 16.4. The van der Waals surface area contributed by atoms with Gasteiger partial charge in [0.25, 0.3) is 0 Å². The van der Waals surface area contributed by atoms with Crippen molar-refractivity contribution >= 4 is 23.4 Å². The quantitative estimate of drug-likeness (QED) is 0.916. The van der Waals surface area contributed by atoms with E-state index in [1.54, 1.807) is 0 Å². The summed E-state index contributed by atoms with van der Waals surface area (Å²) < 4.78 is 10.8. The zero-order valence-electron chi connectivity index (χ0n) is 13.1. The first-order valence-corrected chi connectivity index (χ1v) is 8.13. The fourth-order valence-corrected chi connectivity index (χ4v) is 3.23. The number of hydrogen-bond donors (Lipinski definition) is 1. The molecule has 23 heavy (non-hydrogen) atoms. The Hall–Kier alpha value is -1.50. The molecule has 2 saturated heterocycles. The minimum Gasteiger partial charge on any atom is -0.465 e. The van der Waals surface area contributed by atoms with Crippen molar-refractivity contribution in [3.05, 3.63) is 28.8 Å². The van der Waals surface area contributed by atoms with Gasteiger partial charge < -0.3 is 19.5 Å². The second kappa shape index (κ2) is 6.95. The van der Waals surface area contributed by atoms with Crippen molar-refractivity contribution < 1.29 is 19.4 Å². The summed E-state index contributed by atoms with van der Waals surface area (Å²) in [5.41, 5.74) is 1.79. The highest BCUT2D eigenvalue weighted by atomic mass is 35.5. The summed E-state index contributed by atoms with van der Waals surface area (Å²) in [6.07, 6.45) is -0.243. The molecule has 2 heterocycles. The molecule has 0 bridgehead atoms. The highest BCUT2D eigenvalue weighted by Gasteiger charge is 2.29. The lowest BCUT2D eigenvalue weighted by Crippen LogP contribution is -2.47. The molecule has 1 unspecified atom stereocenters. The molecule has 126 valence electrons. The molecule has 0 spiro atoms. The minimum atomic E-state index is -0.940. The van der Waals surface area contributed by atoms with E-state index in [1.807, 2.05) is 25.2 Å². The third-order valence-electron chi connectivity index (χ3n) is 4.50. The maximum Gasteiger partial charge on any atom is 0.407 e. The third kappa shape index (κ3) is 3.39. The van der Waals surface area contributed by atoms with Gasteiger partial charge in [-0.25, -0.2) is 4.79 Å². The van der Waals surface area contributed by atoms with Crippen molar-refractivity contribution in [1.29, 1.82) is 0 Å². The van der Waals surface area contributed by atoms with Gasteiger partial charge in [0, 0.05) is 30.9 Å². The van der Waals surface area contributed by atoms with Gasteiger partial charge in [0.2, 0.25) is 0 Å². The predicted molar refractivity (Wildman–Crippen MR) is 87.4 cm³/mol. The van der Waals surface area contributed by atoms with Crippen LogP contribution in [0.3, 0.4) is 0 Å². The summed E-state index contributed by atoms with van der Waals surface area (Å²) in [5, 5.41) is 10.0. The highest BCUT2D eigenvalue weighted by Crippen LogP contribution is 2.33. The molecule has 0 aliphatic carbocycles. The Labute approximate surface area is 140 Å². The van der Waals surface area contributed by atoms with Crippen molar-refractivity contribution in [2.75, 3.05) is 44.9 Å². The molecular formula is C16H21ClN2O4. The van der Waals surface area contributed by atoms with Gasteiger partial charge in [-0.3, -0.25) is 4.90 Å². The SMILES string of the molecule is CN(c1ccc(C2COCCCN2C(=O)O)c(Cl)c1)C1COC1. The second-order valence-corrected chi connectivity index (χ2v) is 6.34. The lowest BCUT2D eigenvalue weighted by atomic mass is 10.0. The summed E-state index contributed by atoms with van der Waals surface area (Å²) in [7, 11) is 2.01.